The first kappa shape index (κ1) is 35.5. The van der Waals surface area contributed by atoms with Crippen LogP contribution >= 0.6 is 0 Å². The molecule has 276 valence electrons. The molecule has 4 aromatic rings. The van der Waals surface area contributed by atoms with Crippen LogP contribution in [0.1, 0.15) is 43.9 Å². The van der Waals surface area contributed by atoms with Crippen LogP contribution in [0.3, 0.4) is 0 Å². The van der Waals surface area contributed by atoms with Crippen molar-refractivity contribution >= 4 is 23.2 Å². The number of pyridine rings is 1. The van der Waals surface area contributed by atoms with Crippen molar-refractivity contribution in [3.8, 4) is 23.0 Å². The van der Waals surface area contributed by atoms with Gasteiger partial charge in [-0.25, -0.2) is 4.98 Å². The zero-order chi connectivity index (χ0) is 36.2. The molecule has 0 saturated carbocycles. The van der Waals surface area contributed by atoms with E-state index in [4.69, 9.17) is 19.7 Å². The Balaban J connectivity index is 0.859. The lowest BCUT2D eigenvalue weighted by Gasteiger charge is -2.43. The third-order valence-electron chi connectivity index (χ3n) is 10.6. The van der Waals surface area contributed by atoms with Crippen molar-refractivity contribution in [2.75, 3.05) is 81.1 Å². The topological polar surface area (TPSA) is 159 Å². The molecule has 6 heterocycles. The smallest absolute Gasteiger partial charge is 0.314 e. The van der Waals surface area contributed by atoms with Crippen LogP contribution < -0.4 is 25.0 Å². The molecule has 3 aliphatic rings. The Morgan fingerprint density at radius 2 is 1.62 bits per heavy atom. The third kappa shape index (κ3) is 7.92. The van der Waals surface area contributed by atoms with E-state index in [9.17, 15) is 9.90 Å². The van der Waals surface area contributed by atoms with Gasteiger partial charge in [-0.05, 0) is 48.5 Å². The molecule has 14 heteroatoms. The van der Waals surface area contributed by atoms with Crippen LogP contribution in [0.5, 0.6) is 11.8 Å². The molecule has 0 radical (unpaired) electrons. The van der Waals surface area contributed by atoms with Gasteiger partial charge in [-0.15, -0.1) is 10.2 Å². The Bertz CT molecular complexity index is 1810. The van der Waals surface area contributed by atoms with Crippen LogP contribution in [0, 0.1) is 12.8 Å². The Morgan fingerprint density at radius 1 is 0.942 bits per heavy atom. The Hall–Kier alpha value is -4.95. The second-order valence-corrected chi connectivity index (χ2v) is 14.4. The third-order valence-corrected chi connectivity index (χ3v) is 10.6. The van der Waals surface area contributed by atoms with Crippen molar-refractivity contribution in [1.29, 1.82) is 0 Å². The highest BCUT2D eigenvalue weighted by Crippen LogP contribution is 2.39. The summed E-state index contributed by atoms with van der Waals surface area (Å²) in [6, 6.07) is 16.8. The number of hydrogen-bond donors (Lipinski definition) is 2. The molecular weight excluding hydrogens is 662 g/mol. The number of carboxylic acids is 1. The number of nitrogen functional groups attached to an aromatic ring is 1. The molecule has 14 nitrogen and oxygen atoms in total. The molecule has 3 fully saturated rings. The predicted molar refractivity (Wildman–Crippen MR) is 198 cm³/mol. The van der Waals surface area contributed by atoms with Gasteiger partial charge >= 0.3 is 5.97 Å². The lowest BCUT2D eigenvalue weighted by atomic mass is 9.94. The van der Waals surface area contributed by atoms with Gasteiger partial charge in [0.1, 0.15) is 19.1 Å². The maximum Gasteiger partial charge on any atom is 0.314 e. The normalized spacial score (nSPS) is 20.0. The minimum Gasteiger partial charge on any atom is -0.481 e. The molecule has 3 unspecified atom stereocenters. The van der Waals surface area contributed by atoms with Crippen molar-refractivity contribution in [3.05, 3.63) is 66.1 Å². The van der Waals surface area contributed by atoms with E-state index in [1.54, 1.807) is 6.07 Å². The largest absolute Gasteiger partial charge is 0.481 e. The van der Waals surface area contributed by atoms with Crippen molar-refractivity contribution < 1.29 is 23.9 Å². The molecular formula is C38H49N9O5. The van der Waals surface area contributed by atoms with Crippen molar-refractivity contribution in [2.45, 2.75) is 51.6 Å². The number of fused-ring (bicyclic) bond motifs is 2. The number of piperazine rings is 2. The number of carboxylic acid groups (broad SMARTS) is 1. The van der Waals surface area contributed by atoms with Crippen LogP contribution in [0.2, 0.25) is 0 Å². The zero-order valence-electron chi connectivity index (χ0n) is 30.2. The fourth-order valence-electron chi connectivity index (χ4n) is 7.81. The summed E-state index contributed by atoms with van der Waals surface area (Å²) in [4.78, 5) is 25.8. The number of anilines is 3. The summed E-state index contributed by atoms with van der Waals surface area (Å²) >= 11 is 0. The summed E-state index contributed by atoms with van der Waals surface area (Å²) in [6.45, 7) is 13.9. The highest BCUT2D eigenvalue weighted by atomic mass is 16.5. The summed E-state index contributed by atoms with van der Waals surface area (Å²) in [5.41, 5.74) is 11.6. The van der Waals surface area contributed by atoms with E-state index in [0.717, 1.165) is 93.4 Å². The maximum absolute atomic E-state index is 11.6. The standard InChI is InChI=1S/C38H49N9O5/c1-25(2)36(38(48)49)33-22-35(43-52-33)51-19-17-45-14-12-44(13-15-45)16-18-50-34-20-27(10-11-40-34)47-28-8-9-29(47)24-46(23-28)32-21-31(41-42-37(32)39)30-7-5-4-6-26(30)3/h4-7,10-11,20-22,25,28-29,36H,8-9,12-19,23-24H2,1-3H3,(H2,39,42)(H,48,49). The minimum absolute atomic E-state index is 0.110. The molecule has 0 amide bonds. The van der Waals surface area contributed by atoms with Gasteiger partial charge in [-0.2, -0.15) is 0 Å². The van der Waals surface area contributed by atoms with E-state index in [1.165, 1.54) is 0 Å². The molecule has 0 aliphatic carbocycles. The van der Waals surface area contributed by atoms with Gasteiger partial charge in [0.2, 0.25) is 5.88 Å². The zero-order valence-corrected chi connectivity index (χ0v) is 30.2. The van der Waals surface area contributed by atoms with Gasteiger partial charge in [0.25, 0.3) is 5.88 Å². The number of rotatable bonds is 14. The monoisotopic (exact) mass is 711 g/mol. The minimum atomic E-state index is -0.928. The number of carbonyl (C=O) groups is 1. The van der Waals surface area contributed by atoms with E-state index in [2.05, 4.69) is 77.2 Å². The summed E-state index contributed by atoms with van der Waals surface area (Å²) in [5, 5.41) is 22.2. The second kappa shape index (κ2) is 15.7. The van der Waals surface area contributed by atoms with Crippen LogP contribution in [-0.2, 0) is 4.79 Å². The summed E-state index contributed by atoms with van der Waals surface area (Å²) < 4.78 is 17.2. The number of aryl methyl sites for hydroxylation is 1. The van der Waals surface area contributed by atoms with Crippen LogP contribution in [0.4, 0.5) is 17.2 Å². The number of benzene rings is 1. The average molecular weight is 712 g/mol. The van der Waals surface area contributed by atoms with E-state index >= 15 is 0 Å². The molecule has 3 saturated heterocycles. The van der Waals surface area contributed by atoms with Crippen molar-refractivity contribution in [3.63, 3.8) is 0 Å². The van der Waals surface area contributed by atoms with Gasteiger partial charge in [-0.3, -0.25) is 14.6 Å². The van der Waals surface area contributed by atoms with Gasteiger partial charge in [-0.1, -0.05) is 38.1 Å². The maximum atomic E-state index is 11.6. The molecule has 3 aliphatic heterocycles. The average Bonchev–Trinajstić information content (AvgIpc) is 3.69. The SMILES string of the molecule is Cc1ccccc1-c1cc(N2CC3CCC(C2)N3c2ccnc(OCCN3CCN(CCOc4cc(C(C(=O)O)C(C)C)on4)CC3)c2)c(N)nn1. The Kier molecular flexibility index (Phi) is 10.7. The lowest BCUT2D eigenvalue weighted by molar-refractivity contribution is -0.140. The second-order valence-electron chi connectivity index (χ2n) is 14.4. The van der Waals surface area contributed by atoms with Gasteiger partial charge in [0.15, 0.2) is 11.6 Å². The lowest BCUT2D eigenvalue weighted by Crippen LogP contribution is -2.54. The molecule has 7 rings (SSSR count). The summed E-state index contributed by atoms with van der Waals surface area (Å²) in [7, 11) is 0. The van der Waals surface area contributed by atoms with Crippen LogP contribution in [0.15, 0.2) is 59.3 Å². The Labute approximate surface area is 304 Å². The fourth-order valence-corrected chi connectivity index (χ4v) is 7.81. The molecule has 0 spiro atoms. The Morgan fingerprint density at radius 3 is 2.27 bits per heavy atom. The van der Waals surface area contributed by atoms with Crippen molar-refractivity contribution in [2.24, 2.45) is 5.92 Å². The van der Waals surface area contributed by atoms with E-state index in [0.29, 0.717) is 48.6 Å². The molecule has 1 aromatic carbocycles. The number of nitrogens with two attached hydrogens (primary N) is 1. The van der Waals surface area contributed by atoms with Crippen LogP contribution in [-0.4, -0.2) is 119 Å². The number of hydrogen-bond acceptors (Lipinski definition) is 13. The molecule has 52 heavy (non-hydrogen) atoms. The van der Waals surface area contributed by atoms with E-state index in [-0.39, 0.29) is 5.92 Å². The first-order valence-corrected chi connectivity index (χ1v) is 18.3. The quantitative estimate of drug-likeness (QED) is 0.192. The highest BCUT2D eigenvalue weighted by Gasteiger charge is 2.41. The number of nitrogens with zero attached hydrogens (tertiary/aromatic N) is 8. The summed E-state index contributed by atoms with van der Waals surface area (Å²) in [5.74, 6) is -0.0140. The molecule has 3 atom stereocenters. The van der Waals surface area contributed by atoms with Crippen LogP contribution in [0.25, 0.3) is 11.3 Å². The molecule has 3 aromatic heterocycles. The predicted octanol–water partition coefficient (Wildman–Crippen LogP) is 4.17. The molecule has 2 bridgehead atoms. The van der Waals surface area contributed by atoms with E-state index in [1.807, 2.05) is 32.2 Å². The van der Waals surface area contributed by atoms with Gasteiger partial charge < -0.3 is 34.6 Å². The van der Waals surface area contributed by atoms with Gasteiger partial charge in [0.05, 0.1) is 11.4 Å². The highest BCUT2D eigenvalue weighted by molar-refractivity contribution is 5.75. The summed E-state index contributed by atoms with van der Waals surface area (Å²) in [6.07, 6.45) is 4.09. The molecule has 3 N–H and O–H groups in total. The van der Waals surface area contributed by atoms with Gasteiger partial charge in [0, 0.05) is 94.0 Å². The number of aromatic nitrogens is 4. The first-order valence-electron chi connectivity index (χ1n) is 18.3. The fraction of sp³-hybridized carbons (Fsp3) is 0.500. The number of aliphatic carboxylic acids is 1. The van der Waals surface area contributed by atoms with Crippen molar-refractivity contribution in [1.82, 2.24) is 30.1 Å². The first-order chi connectivity index (χ1) is 25.2. The number of ether oxygens (including phenoxy) is 2. The van der Waals surface area contributed by atoms with E-state index < -0.39 is 11.9 Å².